The van der Waals surface area contributed by atoms with Crippen LogP contribution in [0, 0.1) is 5.82 Å². The van der Waals surface area contributed by atoms with Gasteiger partial charge in [0.1, 0.15) is 18.2 Å². The molecule has 0 aliphatic carbocycles. The highest BCUT2D eigenvalue weighted by Gasteiger charge is 2.16. The quantitative estimate of drug-likeness (QED) is 0.487. The fourth-order valence-electron chi connectivity index (χ4n) is 2.98. The third-order valence-corrected chi connectivity index (χ3v) is 4.68. The van der Waals surface area contributed by atoms with Crippen LogP contribution in [0.25, 0.3) is 22.4 Å². The average molecular weight is 424 g/mol. The van der Waals surface area contributed by atoms with Crippen LogP contribution in [-0.2, 0) is 11.3 Å². The van der Waals surface area contributed by atoms with Crippen molar-refractivity contribution < 1.29 is 9.18 Å². The van der Waals surface area contributed by atoms with Crippen molar-refractivity contribution in [1.29, 1.82) is 0 Å². The second-order valence-corrected chi connectivity index (χ2v) is 6.96. The number of fused-ring (bicyclic) bond motifs is 1. The van der Waals surface area contributed by atoms with Crippen molar-refractivity contribution >= 4 is 38.6 Å². The van der Waals surface area contributed by atoms with E-state index >= 15 is 0 Å². The molecule has 0 spiro atoms. The molecule has 4 rings (SSSR count). The van der Waals surface area contributed by atoms with Crippen molar-refractivity contribution in [2.24, 2.45) is 0 Å². The molecular weight excluding hydrogens is 409 g/mol. The van der Waals surface area contributed by atoms with Crippen LogP contribution in [0.1, 0.15) is 0 Å². The summed E-state index contributed by atoms with van der Waals surface area (Å²) >= 11 is 3.47. The van der Waals surface area contributed by atoms with E-state index in [4.69, 9.17) is 0 Å². The number of anilines is 1. The molecule has 1 amide bonds. The molecule has 4 nitrogen and oxygen atoms in total. The predicted octanol–water partition coefficient (Wildman–Crippen LogP) is 5.24. The zero-order chi connectivity index (χ0) is 18.8. The lowest BCUT2D eigenvalue weighted by Gasteiger charge is -2.11. The Balaban J connectivity index is 1.73. The van der Waals surface area contributed by atoms with Gasteiger partial charge in [0.15, 0.2) is 0 Å². The number of carbonyl (C=O) groups is 1. The Morgan fingerprint density at radius 3 is 2.63 bits per heavy atom. The summed E-state index contributed by atoms with van der Waals surface area (Å²) in [4.78, 5) is 17.3. The molecular formula is C21H15BrFN3O. The van der Waals surface area contributed by atoms with Gasteiger partial charge in [-0.1, -0.05) is 52.3 Å². The Hall–Kier alpha value is -2.99. The van der Waals surface area contributed by atoms with Crippen LogP contribution in [0.2, 0.25) is 0 Å². The number of nitrogens with zero attached hydrogens (tertiary/aromatic N) is 2. The second kappa shape index (κ2) is 7.32. The summed E-state index contributed by atoms with van der Waals surface area (Å²) in [6.45, 7) is 0.0245. The van der Waals surface area contributed by atoms with Gasteiger partial charge in [-0.25, -0.2) is 9.37 Å². The van der Waals surface area contributed by atoms with Gasteiger partial charge in [0, 0.05) is 10.0 Å². The topological polar surface area (TPSA) is 46.9 Å². The highest BCUT2D eigenvalue weighted by molar-refractivity contribution is 9.10. The van der Waals surface area contributed by atoms with Crippen molar-refractivity contribution in [3.63, 3.8) is 0 Å². The first kappa shape index (κ1) is 17.4. The molecule has 1 aromatic heterocycles. The zero-order valence-corrected chi connectivity index (χ0v) is 15.8. The van der Waals surface area contributed by atoms with Gasteiger partial charge in [0.2, 0.25) is 5.91 Å². The van der Waals surface area contributed by atoms with Gasteiger partial charge in [0.25, 0.3) is 0 Å². The number of halogens is 2. The molecule has 1 heterocycles. The Labute approximate surface area is 163 Å². The molecule has 4 aromatic rings. The zero-order valence-electron chi connectivity index (χ0n) is 14.2. The highest BCUT2D eigenvalue weighted by atomic mass is 79.9. The SMILES string of the molecule is O=C(Cn1c(-c2cccc(Br)c2)nc2ccccc21)Nc1ccccc1F. The first-order valence-corrected chi connectivity index (χ1v) is 9.17. The van der Waals surface area contributed by atoms with Gasteiger partial charge in [-0.2, -0.15) is 0 Å². The van der Waals surface area contributed by atoms with Crippen LogP contribution in [0.4, 0.5) is 10.1 Å². The standard InChI is InChI=1S/C21H15BrFN3O/c22-15-7-5-6-14(12-15)21-25-18-10-3-4-11-19(18)26(21)13-20(27)24-17-9-2-1-8-16(17)23/h1-12H,13H2,(H,24,27). The lowest BCUT2D eigenvalue weighted by Crippen LogP contribution is -2.20. The van der Waals surface area contributed by atoms with E-state index in [9.17, 15) is 9.18 Å². The Morgan fingerprint density at radius 2 is 1.81 bits per heavy atom. The summed E-state index contributed by atoms with van der Waals surface area (Å²) in [6, 6.07) is 21.5. The largest absolute Gasteiger partial charge is 0.322 e. The van der Waals surface area contributed by atoms with Crippen LogP contribution in [0.3, 0.4) is 0 Å². The third kappa shape index (κ3) is 3.61. The van der Waals surface area contributed by atoms with E-state index in [-0.39, 0.29) is 18.1 Å². The van der Waals surface area contributed by atoms with Crippen LogP contribution in [-0.4, -0.2) is 15.5 Å². The van der Waals surface area contributed by atoms with Crippen molar-refractivity contribution in [3.8, 4) is 11.4 Å². The van der Waals surface area contributed by atoms with Crippen molar-refractivity contribution in [1.82, 2.24) is 9.55 Å². The molecule has 3 aromatic carbocycles. The molecule has 1 N–H and O–H groups in total. The van der Waals surface area contributed by atoms with E-state index in [1.807, 2.05) is 53.1 Å². The van der Waals surface area contributed by atoms with Gasteiger partial charge in [-0.05, 0) is 36.4 Å². The summed E-state index contributed by atoms with van der Waals surface area (Å²) < 4.78 is 16.6. The fourth-order valence-corrected chi connectivity index (χ4v) is 3.38. The minimum absolute atomic E-state index is 0.0245. The molecule has 0 saturated carbocycles. The van der Waals surface area contributed by atoms with Crippen molar-refractivity contribution in [2.75, 3.05) is 5.32 Å². The molecule has 0 bridgehead atoms. The number of hydrogen-bond acceptors (Lipinski definition) is 2. The monoisotopic (exact) mass is 423 g/mol. The first-order valence-electron chi connectivity index (χ1n) is 8.37. The third-order valence-electron chi connectivity index (χ3n) is 4.19. The smallest absolute Gasteiger partial charge is 0.244 e. The fraction of sp³-hybridized carbons (Fsp3) is 0.0476. The maximum atomic E-state index is 13.8. The summed E-state index contributed by atoms with van der Waals surface area (Å²) in [5.74, 6) is -0.103. The van der Waals surface area contributed by atoms with E-state index in [1.54, 1.807) is 12.1 Å². The molecule has 6 heteroatoms. The summed E-state index contributed by atoms with van der Waals surface area (Å²) in [7, 11) is 0. The maximum absolute atomic E-state index is 13.8. The lowest BCUT2D eigenvalue weighted by atomic mass is 10.2. The molecule has 134 valence electrons. The molecule has 0 atom stereocenters. The molecule has 0 aliphatic heterocycles. The average Bonchev–Trinajstić information content (AvgIpc) is 3.02. The number of imidazole rings is 1. The molecule has 0 radical (unpaired) electrons. The number of amides is 1. The highest BCUT2D eigenvalue weighted by Crippen LogP contribution is 2.27. The summed E-state index contributed by atoms with van der Waals surface area (Å²) in [6.07, 6.45) is 0. The molecule has 0 unspecified atom stereocenters. The summed E-state index contributed by atoms with van der Waals surface area (Å²) in [5, 5.41) is 2.63. The van der Waals surface area contributed by atoms with Crippen molar-refractivity contribution in [2.45, 2.75) is 6.54 Å². The maximum Gasteiger partial charge on any atom is 0.244 e. The van der Waals surface area contributed by atoms with Crippen LogP contribution < -0.4 is 5.32 Å². The number of rotatable bonds is 4. The van der Waals surface area contributed by atoms with Gasteiger partial charge < -0.3 is 9.88 Å². The van der Waals surface area contributed by atoms with E-state index in [0.29, 0.717) is 5.82 Å². The van der Waals surface area contributed by atoms with Crippen LogP contribution in [0.15, 0.2) is 77.3 Å². The number of aromatic nitrogens is 2. The van der Waals surface area contributed by atoms with Gasteiger partial charge in [-0.3, -0.25) is 4.79 Å². The van der Waals surface area contributed by atoms with E-state index in [1.165, 1.54) is 12.1 Å². The number of hydrogen-bond donors (Lipinski definition) is 1. The molecule has 0 fully saturated rings. The molecule has 0 saturated heterocycles. The number of carbonyl (C=O) groups excluding carboxylic acids is 1. The Bertz CT molecular complexity index is 1140. The van der Waals surface area contributed by atoms with Crippen LogP contribution in [0.5, 0.6) is 0 Å². The van der Waals surface area contributed by atoms with Crippen LogP contribution >= 0.6 is 15.9 Å². The summed E-state index contributed by atoms with van der Waals surface area (Å²) in [5.41, 5.74) is 2.69. The Morgan fingerprint density at radius 1 is 1.04 bits per heavy atom. The first-order chi connectivity index (χ1) is 13.1. The number of benzene rings is 3. The lowest BCUT2D eigenvalue weighted by molar-refractivity contribution is -0.116. The molecule has 27 heavy (non-hydrogen) atoms. The minimum Gasteiger partial charge on any atom is -0.322 e. The van der Waals surface area contributed by atoms with E-state index < -0.39 is 5.82 Å². The van der Waals surface area contributed by atoms with Gasteiger partial charge >= 0.3 is 0 Å². The Kier molecular flexibility index (Phi) is 4.73. The number of para-hydroxylation sites is 3. The van der Waals surface area contributed by atoms with Gasteiger partial charge in [-0.15, -0.1) is 0 Å². The van der Waals surface area contributed by atoms with E-state index in [2.05, 4.69) is 26.2 Å². The molecule has 0 aliphatic rings. The van der Waals surface area contributed by atoms with E-state index in [0.717, 1.165) is 21.1 Å². The van der Waals surface area contributed by atoms with Gasteiger partial charge in [0.05, 0.1) is 16.7 Å². The predicted molar refractivity (Wildman–Crippen MR) is 108 cm³/mol. The van der Waals surface area contributed by atoms with Crippen molar-refractivity contribution in [3.05, 3.63) is 83.1 Å². The minimum atomic E-state index is -0.464. The normalized spacial score (nSPS) is 10.9. The number of nitrogens with one attached hydrogen (secondary N) is 1. The second-order valence-electron chi connectivity index (χ2n) is 6.05.